The first-order valence-corrected chi connectivity index (χ1v) is 6.57. The summed E-state index contributed by atoms with van der Waals surface area (Å²) < 4.78 is 5.33. The predicted octanol–water partition coefficient (Wildman–Crippen LogP) is 4.31. The molecule has 2 heterocycles. The molecule has 0 atom stereocenters. The van der Waals surface area contributed by atoms with E-state index in [0.717, 1.165) is 16.0 Å². The Kier molecular flexibility index (Phi) is 2.81. The van der Waals surface area contributed by atoms with Crippen LogP contribution in [0, 0.1) is 0 Å². The Morgan fingerprint density at radius 2 is 1.94 bits per heavy atom. The number of hydrogen-bond acceptors (Lipinski definition) is 4. The van der Waals surface area contributed by atoms with E-state index in [2.05, 4.69) is 5.16 Å². The second-order valence-electron chi connectivity index (χ2n) is 3.74. The molecule has 0 aliphatic carbocycles. The van der Waals surface area contributed by atoms with E-state index in [1.165, 1.54) is 11.3 Å². The molecule has 18 heavy (non-hydrogen) atoms. The van der Waals surface area contributed by atoms with Gasteiger partial charge >= 0.3 is 0 Å². The summed E-state index contributed by atoms with van der Waals surface area (Å²) in [7, 11) is 0. The molecule has 0 radical (unpaired) electrons. The smallest absolute Gasteiger partial charge is 0.188 e. The SMILES string of the molecule is Nc1noc(-c2sccc2Cl)c1-c1ccccc1. The number of nitrogens with two attached hydrogens (primary N) is 1. The summed E-state index contributed by atoms with van der Waals surface area (Å²) in [4.78, 5) is 0.847. The van der Waals surface area contributed by atoms with Crippen molar-refractivity contribution in [2.45, 2.75) is 0 Å². The van der Waals surface area contributed by atoms with Gasteiger partial charge in [-0.3, -0.25) is 0 Å². The van der Waals surface area contributed by atoms with Gasteiger partial charge < -0.3 is 10.3 Å². The number of thiophene rings is 1. The molecule has 0 aliphatic rings. The Morgan fingerprint density at radius 1 is 1.17 bits per heavy atom. The number of benzene rings is 1. The molecule has 1 aromatic carbocycles. The molecular weight excluding hydrogens is 268 g/mol. The van der Waals surface area contributed by atoms with E-state index in [9.17, 15) is 0 Å². The number of halogens is 1. The molecule has 0 unspecified atom stereocenters. The van der Waals surface area contributed by atoms with Crippen LogP contribution in [0.1, 0.15) is 0 Å². The first-order chi connectivity index (χ1) is 8.77. The molecule has 90 valence electrons. The number of hydrogen-bond donors (Lipinski definition) is 1. The zero-order valence-electron chi connectivity index (χ0n) is 9.26. The molecule has 3 rings (SSSR count). The fourth-order valence-corrected chi connectivity index (χ4v) is 2.92. The molecule has 0 amide bonds. The number of nitrogen functional groups attached to an aromatic ring is 1. The maximum Gasteiger partial charge on any atom is 0.188 e. The highest BCUT2D eigenvalue weighted by Crippen LogP contribution is 2.41. The molecule has 2 aromatic heterocycles. The maximum atomic E-state index is 6.12. The Morgan fingerprint density at radius 3 is 2.61 bits per heavy atom. The van der Waals surface area contributed by atoms with Crippen LogP contribution in [-0.2, 0) is 0 Å². The van der Waals surface area contributed by atoms with Gasteiger partial charge in [-0.2, -0.15) is 0 Å². The summed E-state index contributed by atoms with van der Waals surface area (Å²) in [6.45, 7) is 0. The van der Waals surface area contributed by atoms with Crippen LogP contribution >= 0.6 is 22.9 Å². The monoisotopic (exact) mass is 276 g/mol. The largest absolute Gasteiger partial charge is 0.380 e. The molecule has 5 heteroatoms. The van der Waals surface area contributed by atoms with Gasteiger partial charge in [-0.15, -0.1) is 11.3 Å². The van der Waals surface area contributed by atoms with Gasteiger partial charge in [-0.25, -0.2) is 0 Å². The predicted molar refractivity (Wildman–Crippen MR) is 74.7 cm³/mol. The van der Waals surface area contributed by atoms with Crippen molar-refractivity contribution in [3.63, 3.8) is 0 Å². The van der Waals surface area contributed by atoms with Crippen LogP contribution in [0.3, 0.4) is 0 Å². The fraction of sp³-hybridized carbons (Fsp3) is 0. The minimum atomic E-state index is 0.376. The van der Waals surface area contributed by atoms with E-state index in [-0.39, 0.29) is 0 Å². The van der Waals surface area contributed by atoms with Crippen molar-refractivity contribution < 1.29 is 4.52 Å². The van der Waals surface area contributed by atoms with E-state index >= 15 is 0 Å². The Labute approximate surface area is 113 Å². The van der Waals surface area contributed by atoms with Crippen molar-refractivity contribution in [3.8, 4) is 21.8 Å². The third-order valence-corrected chi connectivity index (χ3v) is 3.94. The molecule has 2 N–H and O–H groups in total. The van der Waals surface area contributed by atoms with Crippen LogP contribution in [0.15, 0.2) is 46.3 Å². The van der Waals surface area contributed by atoms with E-state index in [1.54, 1.807) is 0 Å². The maximum absolute atomic E-state index is 6.12. The summed E-state index contributed by atoms with van der Waals surface area (Å²) in [5.41, 5.74) is 7.65. The number of anilines is 1. The van der Waals surface area contributed by atoms with Crippen LogP contribution in [0.2, 0.25) is 5.02 Å². The van der Waals surface area contributed by atoms with Crippen molar-refractivity contribution in [1.82, 2.24) is 5.16 Å². The van der Waals surface area contributed by atoms with E-state index in [1.807, 2.05) is 41.8 Å². The highest BCUT2D eigenvalue weighted by Gasteiger charge is 2.20. The van der Waals surface area contributed by atoms with Crippen molar-refractivity contribution >= 4 is 28.8 Å². The van der Waals surface area contributed by atoms with E-state index < -0.39 is 0 Å². The Hall–Kier alpha value is -1.78. The third-order valence-electron chi connectivity index (χ3n) is 2.60. The Bertz CT molecular complexity index is 675. The highest BCUT2D eigenvalue weighted by molar-refractivity contribution is 7.14. The Balaban J connectivity index is 2.22. The lowest BCUT2D eigenvalue weighted by Gasteiger charge is -2.01. The van der Waals surface area contributed by atoms with Gasteiger partial charge in [-0.1, -0.05) is 47.1 Å². The molecule has 0 fully saturated rings. The lowest BCUT2D eigenvalue weighted by Crippen LogP contribution is -1.88. The third kappa shape index (κ3) is 1.79. The lowest BCUT2D eigenvalue weighted by molar-refractivity contribution is 0.437. The number of rotatable bonds is 2. The molecule has 0 saturated carbocycles. The van der Waals surface area contributed by atoms with Crippen molar-refractivity contribution in [1.29, 1.82) is 0 Å². The first kappa shape index (κ1) is 11.3. The van der Waals surface area contributed by atoms with Gasteiger partial charge in [0.2, 0.25) is 0 Å². The minimum absolute atomic E-state index is 0.376. The average molecular weight is 277 g/mol. The minimum Gasteiger partial charge on any atom is -0.380 e. The molecule has 0 saturated heterocycles. The average Bonchev–Trinajstić information content (AvgIpc) is 2.96. The van der Waals surface area contributed by atoms with Crippen LogP contribution in [-0.4, -0.2) is 5.16 Å². The fourth-order valence-electron chi connectivity index (χ4n) is 1.80. The topological polar surface area (TPSA) is 52.0 Å². The van der Waals surface area contributed by atoms with Crippen LogP contribution in [0.4, 0.5) is 5.82 Å². The summed E-state index contributed by atoms with van der Waals surface area (Å²) in [6, 6.07) is 11.6. The van der Waals surface area contributed by atoms with E-state index in [4.69, 9.17) is 21.9 Å². The first-order valence-electron chi connectivity index (χ1n) is 5.31. The van der Waals surface area contributed by atoms with Crippen LogP contribution in [0.25, 0.3) is 21.8 Å². The van der Waals surface area contributed by atoms with Gasteiger partial charge in [0.25, 0.3) is 0 Å². The quantitative estimate of drug-likeness (QED) is 0.759. The zero-order chi connectivity index (χ0) is 12.5. The van der Waals surface area contributed by atoms with Gasteiger partial charge in [-0.05, 0) is 17.0 Å². The molecular formula is C13H9ClN2OS. The van der Waals surface area contributed by atoms with Crippen LogP contribution in [0.5, 0.6) is 0 Å². The summed E-state index contributed by atoms with van der Waals surface area (Å²) >= 11 is 7.63. The van der Waals surface area contributed by atoms with Crippen molar-refractivity contribution in [2.24, 2.45) is 0 Å². The molecule has 3 aromatic rings. The molecule has 0 spiro atoms. The van der Waals surface area contributed by atoms with Crippen molar-refractivity contribution in [2.75, 3.05) is 5.73 Å². The second-order valence-corrected chi connectivity index (χ2v) is 5.06. The number of nitrogens with zero attached hydrogens (tertiary/aromatic N) is 1. The second kappa shape index (κ2) is 4.48. The number of aromatic nitrogens is 1. The van der Waals surface area contributed by atoms with Crippen molar-refractivity contribution in [3.05, 3.63) is 46.8 Å². The van der Waals surface area contributed by atoms with Gasteiger partial charge in [0, 0.05) is 0 Å². The normalized spacial score (nSPS) is 10.7. The zero-order valence-corrected chi connectivity index (χ0v) is 10.8. The van der Waals surface area contributed by atoms with E-state index in [0.29, 0.717) is 16.6 Å². The van der Waals surface area contributed by atoms with Crippen LogP contribution < -0.4 is 5.73 Å². The molecule has 0 aliphatic heterocycles. The lowest BCUT2D eigenvalue weighted by atomic mass is 10.1. The van der Waals surface area contributed by atoms with Gasteiger partial charge in [0.15, 0.2) is 11.6 Å². The summed E-state index contributed by atoms with van der Waals surface area (Å²) in [6.07, 6.45) is 0. The molecule has 3 nitrogen and oxygen atoms in total. The van der Waals surface area contributed by atoms with Gasteiger partial charge in [0.1, 0.15) is 0 Å². The summed E-state index contributed by atoms with van der Waals surface area (Å²) in [5, 5.41) is 6.40. The highest BCUT2D eigenvalue weighted by atomic mass is 35.5. The molecule has 0 bridgehead atoms. The van der Waals surface area contributed by atoms with Gasteiger partial charge in [0.05, 0.1) is 15.5 Å². The standard InChI is InChI=1S/C13H9ClN2OS/c14-9-6-7-18-12(9)11-10(13(15)16-17-11)8-4-2-1-3-5-8/h1-7H,(H2,15,16). The summed E-state index contributed by atoms with van der Waals surface area (Å²) in [5.74, 6) is 0.999.